The second-order valence-electron chi connectivity index (χ2n) is 2.39. The molecule has 0 heterocycles. The molecule has 0 radical (unpaired) electrons. The number of guanidine groups is 1. The lowest BCUT2D eigenvalue weighted by molar-refractivity contribution is -0.459. The lowest BCUT2D eigenvalue weighted by Crippen LogP contribution is -2.78. The molecule has 10 heavy (non-hydrogen) atoms. The molecule has 0 aliphatic carbocycles. The van der Waals surface area contributed by atoms with E-state index in [1.807, 2.05) is 0 Å². The van der Waals surface area contributed by atoms with E-state index in [2.05, 4.69) is 18.8 Å². The lowest BCUT2D eigenvalue weighted by Gasteiger charge is -1.99. The van der Waals surface area contributed by atoms with Crippen LogP contribution in [0.25, 0.3) is 0 Å². The van der Waals surface area contributed by atoms with Gasteiger partial charge in [-0.2, -0.15) is 0 Å². The van der Waals surface area contributed by atoms with Gasteiger partial charge in [0.25, 0.3) is 0 Å². The zero-order chi connectivity index (χ0) is 7.98. The van der Waals surface area contributed by atoms with Gasteiger partial charge < -0.3 is 0 Å². The highest BCUT2D eigenvalue weighted by Gasteiger charge is 1.93. The second-order valence-corrected chi connectivity index (χ2v) is 2.39. The molecule has 0 bridgehead atoms. The van der Waals surface area contributed by atoms with Gasteiger partial charge in [0.2, 0.25) is 0 Å². The summed E-state index contributed by atoms with van der Waals surface area (Å²) in [6.07, 6.45) is 2.01. The smallest absolute Gasteiger partial charge is 0.296 e. The molecule has 0 aliphatic heterocycles. The lowest BCUT2D eigenvalue weighted by atomic mass is 10.1. The Balaban J connectivity index is 3.13. The van der Waals surface area contributed by atoms with Crippen LogP contribution in [0.3, 0.4) is 0 Å². The monoisotopic (exact) mass is 142 g/mol. The van der Waals surface area contributed by atoms with Crippen LogP contribution in [0.1, 0.15) is 12.8 Å². The van der Waals surface area contributed by atoms with E-state index in [1.165, 1.54) is 0 Å². The van der Waals surface area contributed by atoms with E-state index in [4.69, 9.17) is 11.5 Å². The quantitative estimate of drug-likeness (QED) is 0.192. The second kappa shape index (κ2) is 4.97. The summed E-state index contributed by atoms with van der Waals surface area (Å²) in [6.45, 7) is 8.30. The first-order valence-electron chi connectivity index (χ1n) is 3.41. The Kier molecular flexibility index (Phi) is 4.54. The molecule has 0 saturated carbocycles. The van der Waals surface area contributed by atoms with Crippen molar-refractivity contribution in [1.82, 2.24) is 0 Å². The third-order valence-corrected chi connectivity index (χ3v) is 1.12. The number of hydrogen-bond donors (Lipinski definition) is 3. The Hall–Kier alpha value is -0.860. The van der Waals surface area contributed by atoms with Crippen molar-refractivity contribution < 1.29 is 4.99 Å². The Morgan fingerprint density at radius 2 is 2.20 bits per heavy atom. The van der Waals surface area contributed by atoms with Crippen molar-refractivity contribution in [2.45, 2.75) is 12.8 Å². The summed E-state index contributed by atoms with van der Waals surface area (Å²) in [6, 6.07) is 0. The van der Waals surface area contributed by atoms with Crippen LogP contribution in [0.4, 0.5) is 0 Å². The summed E-state index contributed by atoms with van der Waals surface area (Å²) in [5.41, 5.74) is 10.3. The van der Waals surface area contributed by atoms with Gasteiger partial charge in [-0.05, 0) is 18.8 Å². The van der Waals surface area contributed by atoms with E-state index in [-0.39, 0.29) is 11.9 Å². The highest BCUT2D eigenvalue weighted by molar-refractivity contribution is 5.69. The molecule has 0 aromatic heterocycles. The molecule has 0 spiro atoms. The zero-order valence-electron chi connectivity index (χ0n) is 6.27. The minimum absolute atomic E-state index is 0.265. The first kappa shape index (κ1) is 9.14. The van der Waals surface area contributed by atoms with Crippen molar-refractivity contribution in [1.29, 1.82) is 0 Å². The molecule has 0 fully saturated rings. The number of rotatable bonds is 4. The molecule has 0 aromatic carbocycles. The summed E-state index contributed by atoms with van der Waals surface area (Å²) in [5, 5.41) is 0. The average Bonchev–Trinajstić information content (AvgIpc) is 1.79. The van der Waals surface area contributed by atoms with E-state index in [1.54, 1.807) is 0 Å². The minimum atomic E-state index is 0.265. The predicted molar refractivity (Wildman–Crippen MR) is 42.6 cm³/mol. The van der Waals surface area contributed by atoms with Crippen molar-refractivity contribution >= 4 is 5.96 Å². The molecule has 0 amide bonds. The maximum Gasteiger partial charge on any atom is 0.338 e. The van der Waals surface area contributed by atoms with Crippen LogP contribution in [0.2, 0.25) is 0 Å². The maximum atomic E-state index is 5.16. The number of nitrogens with two attached hydrogens (primary N) is 2. The van der Waals surface area contributed by atoms with Crippen LogP contribution in [0, 0.1) is 19.8 Å². The van der Waals surface area contributed by atoms with Gasteiger partial charge in [-0.25, -0.2) is 0 Å². The summed E-state index contributed by atoms with van der Waals surface area (Å²) in [7, 11) is 0. The van der Waals surface area contributed by atoms with E-state index < -0.39 is 0 Å². The van der Waals surface area contributed by atoms with E-state index in [9.17, 15) is 0 Å². The fraction of sp³-hybridized carbons (Fsp3) is 0.571. The van der Waals surface area contributed by atoms with Gasteiger partial charge in [0.05, 0.1) is 6.54 Å². The van der Waals surface area contributed by atoms with Gasteiger partial charge in [-0.1, -0.05) is 0 Å². The van der Waals surface area contributed by atoms with Gasteiger partial charge >= 0.3 is 5.96 Å². The maximum absolute atomic E-state index is 5.16. The Labute approximate surface area is 62.5 Å². The minimum Gasteiger partial charge on any atom is -0.296 e. The molecular formula is C7H16N3+. The zero-order valence-corrected chi connectivity index (χ0v) is 6.27. The highest BCUT2D eigenvalue weighted by atomic mass is 15.0. The van der Waals surface area contributed by atoms with Gasteiger partial charge in [-0.15, -0.1) is 0 Å². The van der Waals surface area contributed by atoms with Crippen LogP contribution in [-0.2, 0) is 0 Å². The Morgan fingerprint density at radius 3 is 2.60 bits per heavy atom. The SMILES string of the molecule is [CH2+]C([CH2-])CCC[NH+]=C(N)N. The molecule has 0 aliphatic rings. The number of nitrogens with one attached hydrogen (secondary N) is 1. The molecule has 5 N–H and O–H groups in total. The van der Waals surface area contributed by atoms with Crippen LogP contribution < -0.4 is 16.5 Å². The van der Waals surface area contributed by atoms with E-state index >= 15 is 0 Å². The van der Waals surface area contributed by atoms with Crippen molar-refractivity contribution in [3.8, 4) is 0 Å². The van der Waals surface area contributed by atoms with Crippen molar-refractivity contribution in [2.75, 3.05) is 6.54 Å². The highest BCUT2D eigenvalue weighted by Crippen LogP contribution is 1.98. The first-order chi connectivity index (χ1) is 4.63. The fourth-order valence-corrected chi connectivity index (χ4v) is 0.623. The molecular weight excluding hydrogens is 126 g/mol. The van der Waals surface area contributed by atoms with Crippen molar-refractivity contribution in [3.05, 3.63) is 13.8 Å². The number of hydrogen-bond acceptors (Lipinski definition) is 0. The Morgan fingerprint density at radius 1 is 1.60 bits per heavy atom. The molecule has 58 valence electrons. The Bertz CT molecular complexity index is 103. The molecule has 0 saturated heterocycles. The third-order valence-electron chi connectivity index (χ3n) is 1.12. The van der Waals surface area contributed by atoms with Crippen molar-refractivity contribution in [2.24, 2.45) is 17.4 Å². The standard InChI is InChI=1S/C7H15N3/c1-6(2)4-3-5-10-7(8)9/h6H,1-5H2,(H4,8,9,10)/p+1. The largest absolute Gasteiger partial charge is 0.338 e. The molecule has 3 nitrogen and oxygen atoms in total. The van der Waals surface area contributed by atoms with E-state index in [0.717, 1.165) is 19.4 Å². The topological polar surface area (TPSA) is 66.0 Å². The fourth-order valence-electron chi connectivity index (χ4n) is 0.623. The summed E-state index contributed by atoms with van der Waals surface area (Å²) >= 11 is 0. The predicted octanol–water partition coefficient (Wildman–Crippen LogP) is -1.60. The van der Waals surface area contributed by atoms with Crippen LogP contribution >= 0.6 is 0 Å². The van der Waals surface area contributed by atoms with Crippen LogP contribution in [0.5, 0.6) is 0 Å². The summed E-state index contributed by atoms with van der Waals surface area (Å²) < 4.78 is 0. The molecule has 3 heteroatoms. The van der Waals surface area contributed by atoms with Crippen LogP contribution in [-0.4, -0.2) is 12.5 Å². The first-order valence-corrected chi connectivity index (χ1v) is 3.41. The van der Waals surface area contributed by atoms with Crippen LogP contribution in [0.15, 0.2) is 0 Å². The van der Waals surface area contributed by atoms with Gasteiger partial charge in [0.1, 0.15) is 0 Å². The summed E-state index contributed by atoms with van der Waals surface area (Å²) in [4.78, 5) is 2.82. The molecule has 0 atom stereocenters. The summed E-state index contributed by atoms with van der Waals surface area (Å²) in [5.74, 6) is 0.547. The average molecular weight is 142 g/mol. The van der Waals surface area contributed by atoms with Gasteiger partial charge in [0, 0.05) is 6.92 Å². The van der Waals surface area contributed by atoms with Crippen molar-refractivity contribution in [3.63, 3.8) is 0 Å². The van der Waals surface area contributed by atoms with Gasteiger partial charge in [0.15, 0.2) is 0 Å². The molecule has 0 unspecified atom stereocenters. The molecule has 0 rings (SSSR count). The van der Waals surface area contributed by atoms with Gasteiger partial charge in [-0.3, -0.25) is 23.4 Å². The molecule has 0 aromatic rings. The third kappa shape index (κ3) is 7.14. The normalized spacial score (nSPS) is 12.5. The van der Waals surface area contributed by atoms with E-state index in [0.29, 0.717) is 0 Å².